The number of rotatable bonds is 17. The van der Waals surface area contributed by atoms with Crippen molar-refractivity contribution in [2.24, 2.45) is 11.8 Å². The molecule has 0 aromatic carbocycles. The maximum atomic E-state index is 12.3. The number of fused-ring (bicyclic) bond motifs is 2. The van der Waals surface area contributed by atoms with E-state index < -0.39 is 0 Å². The van der Waals surface area contributed by atoms with Gasteiger partial charge in [0.25, 0.3) is 0 Å². The molecule has 198 valence electrons. The summed E-state index contributed by atoms with van der Waals surface area (Å²) < 4.78 is 6.34. The van der Waals surface area contributed by atoms with Gasteiger partial charge in [-0.15, -0.1) is 0 Å². The van der Waals surface area contributed by atoms with Gasteiger partial charge < -0.3 is 4.74 Å². The Morgan fingerprint density at radius 2 is 1.71 bits per heavy atom. The van der Waals surface area contributed by atoms with Crippen LogP contribution in [0, 0.1) is 11.8 Å². The third-order valence-electron chi connectivity index (χ3n) is 8.36. The van der Waals surface area contributed by atoms with E-state index in [9.17, 15) is 10.0 Å². The molecule has 0 aromatic heterocycles. The summed E-state index contributed by atoms with van der Waals surface area (Å²) in [4.78, 5) is 12.3. The van der Waals surface area contributed by atoms with Crippen LogP contribution in [0.15, 0.2) is 0 Å². The van der Waals surface area contributed by atoms with Gasteiger partial charge in [0.15, 0.2) is 0 Å². The van der Waals surface area contributed by atoms with E-state index in [0.717, 1.165) is 66.4 Å². The summed E-state index contributed by atoms with van der Waals surface area (Å²) in [6.45, 7) is 4.63. The fourth-order valence-corrected chi connectivity index (χ4v) is 8.96. The molecule has 3 aliphatic rings. The van der Waals surface area contributed by atoms with Crippen LogP contribution in [0.1, 0.15) is 117 Å². The number of thioether (sulfide) groups is 2. The highest BCUT2D eigenvalue weighted by Gasteiger charge is 2.47. The minimum atomic E-state index is -0.0726. The van der Waals surface area contributed by atoms with Crippen molar-refractivity contribution in [1.29, 1.82) is 0 Å². The smallest absolute Gasteiger partial charge is 0.246 e. The average molecular weight is 514 g/mol. The van der Waals surface area contributed by atoms with Crippen molar-refractivity contribution in [1.82, 2.24) is 5.06 Å². The van der Waals surface area contributed by atoms with Crippen LogP contribution in [-0.4, -0.2) is 56.9 Å². The summed E-state index contributed by atoms with van der Waals surface area (Å²) >= 11 is 4.27. The molecule has 0 spiro atoms. The van der Waals surface area contributed by atoms with E-state index >= 15 is 0 Å². The Morgan fingerprint density at radius 1 is 0.971 bits per heavy atom. The van der Waals surface area contributed by atoms with Gasteiger partial charge in [-0.2, -0.15) is 23.5 Å². The summed E-state index contributed by atoms with van der Waals surface area (Å²) in [5.74, 6) is 5.10. The van der Waals surface area contributed by atoms with Gasteiger partial charge in [0.05, 0.1) is 18.2 Å². The Labute approximate surface area is 218 Å². The summed E-state index contributed by atoms with van der Waals surface area (Å²) in [7, 11) is 0. The van der Waals surface area contributed by atoms with Crippen molar-refractivity contribution in [3.8, 4) is 0 Å². The Balaban J connectivity index is 1.26. The molecule has 3 rings (SSSR count). The molecule has 1 amide bonds. The number of amides is 1. The SMILES string of the molecule is CCCC(CC)SCCCC[C@@H]1[C@@H]2CCC(O2)[C@@H]1CSCCCCC(=O)N(O)C1CCCCC1. The first-order valence-corrected chi connectivity index (χ1v) is 16.7. The van der Waals surface area contributed by atoms with Crippen molar-refractivity contribution >= 4 is 29.4 Å². The van der Waals surface area contributed by atoms with Crippen molar-refractivity contribution in [2.45, 2.75) is 140 Å². The van der Waals surface area contributed by atoms with Gasteiger partial charge in [-0.25, -0.2) is 5.06 Å². The Hall–Kier alpha value is 0.0900. The van der Waals surface area contributed by atoms with Crippen LogP contribution in [0.3, 0.4) is 0 Å². The largest absolute Gasteiger partial charge is 0.374 e. The highest BCUT2D eigenvalue weighted by Crippen LogP contribution is 2.47. The molecule has 1 saturated carbocycles. The Morgan fingerprint density at radius 3 is 2.44 bits per heavy atom. The fourth-order valence-electron chi connectivity index (χ4n) is 6.30. The number of carbonyl (C=O) groups is 1. The number of unbranched alkanes of at least 4 members (excludes halogenated alkanes) is 2. The van der Waals surface area contributed by atoms with Crippen molar-refractivity contribution in [3.05, 3.63) is 0 Å². The summed E-state index contributed by atoms with van der Waals surface area (Å²) in [5, 5.41) is 12.1. The van der Waals surface area contributed by atoms with E-state index in [-0.39, 0.29) is 11.9 Å². The van der Waals surface area contributed by atoms with Crippen LogP contribution in [0.4, 0.5) is 0 Å². The van der Waals surface area contributed by atoms with E-state index in [4.69, 9.17) is 4.74 Å². The first-order chi connectivity index (χ1) is 16.6. The van der Waals surface area contributed by atoms with Crippen molar-refractivity contribution in [3.63, 3.8) is 0 Å². The molecule has 6 heteroatoms. The lowest BCUT2D eigenvalue weighted by molar-refractivity contribution is -0.178. The molecular weight excluding hydrogens is 462 g/mol. The second-order valence-corrected chi connectivity index (χ2v) is 13.4. The third kappa shape index (κ3) is 8.88. The molecular formula is C28H51NO3S2. The highest BCUT2D eigenvalue weighted by atomic mass is 32.2. The molecule has 0 aromatic rings. The molecule has 1 N–H and O–H groups in total. The monoisotopic (exact) mass is 513 g/mol. The first kappa shape index (κ1) is 28.7. The zero-order chi connectivity index (χ0) is 24.2. The van der Waals surface area contributed by atoms with E-state index in [1.54, 1.807) is 0 Å². The average Bonchev–Trinajstić information content (AvgIpc) is 3.47. The second kappa shape index (κ2) is 16.0. The van der Waals surface area contributed by atoms with Gasteiger partial charge in [-0.3, -0.25) is 10.0 Å². The summed E-state index contributed by atoms with van der Waals surface area (Å²) in [6, 6.07) is 0.0633. The van der Waals surface area contributed by atoms with Gasteiger partial charge in [0, 0.05) is 11.7 Å². The summed E-state index contributed by atoms with van der Waals surface area (Å²) in [6.07, 6.45) is 19.5. The number of hydrogen-bond donors (Lipinski definition) is 1. The first-order valence-electron chi connectivity index (χ1n) is 14.5. The zero-order valence-corrected chi connectivity index (χ0v) is 23.6. The number of ether oxygens (including phenoxy) is 1. The van der Waals surface area contributed by atoms with E-state index in [0.29, 0.717) is 18.6 Å². The van der Waals surface area contributed by atoms with Crippen LogP contribution < -0.4 is 0 Å². The van der Waals surface area contributed by atoms with Crippen LogP contribution in [-0.2, 0) is 9.53 Å². The topological polar surface area (TPSA) is 49.8 Å². The minimum absolute atomic E-state index is 0.0633. The van der Waals surface area contributed by atoms with Gasteiger partial charge in [0.1, 0.15) is 0 Å². The van der Waals surface area contributed by atoms with Crippen molar-refractivity contribution in [2.75, 3.05) is 17.3 Å². The predicted octanol–water partition coefficient (Wildman–Crippen LogP) is 7.72. The van der Waals surface area contributed by atoms with Gasteiger partial charge >= 0.3 is 0 Å². The molecule has 2 heterocycles. The lowest BCUT2D eigenvalue weighted by Gasteiger charge is -2.29. The van der Waals surface area contributed by atoms with Crippen LogP contribution in [0.2, 0.25) is 0 Å². The van der Waals surface area contributed by atoms with Crippen LogP contribution in [0.25, 0.3) is 0 Å². The number of hydrogen-bond acceptors (Lipinski definition) is 5. The highest BCUT2D eigenvalue weighted by molar-refractivity contribution is 7.99. The van der Waals surface area contributed by atoms with Gasteiger partial charge in [0.2, 0.25) is 5.91 Å². The van der Waals surface area contributed by atoms with Gasteiger partial charge in [-0.1, -0.05) is 46.0 Å². The molecule has 3 fully saturated rings. The lowest BCUT2D eigenvalue weighted by Crippen LogP contribution is -2.38. The maximum Gasteiger partial charge on any atom is 0.246 e. The van der Waals surface area contributed by atoms with E-state index in [1.807, 2.05) is 0 Å². The quantitative estimate of drug-likeness (QED) is 0.123. The second-order valence-electron chi connectivity index (χ2n) is 10.9. The van der Waals surface area contributed by atoms with Crippen LogP contribution >= 0.6 is 23.5 Å². The lowest BCUT2D eigenvalue weighted by atomic mass is 9.78. The molecule has 2 unspecified atom stereocenters. The molecule has 0 radical (unpaired) electrons. The number of nitrogens with zero attached hydrogens (tertiary/aromatic N) is 1. The maximum absolute atomic E-state index is 12.3. The Bertz CT molecular complexity index is 572. The standard InChI is InChI=1S/C28H51NO3S2/c1-3-12-23(4-2)34-20-11-8-15-24-25(27-18-17-26(24)32-27)21-33-19-10-9-16-28(30)29(31)22-13-6-5-7-14-22/h22-27,31H,3-21H2,1-2H3/t23?,24-,25+,26-,27?/m0/s1. The number of hydroxylamine groups is 2. The molecule has 34 heavy (non-hydrogen) atoms. The summed E-state index contributed by atoms with van der Waals surface area (Å²) in [5.41, 5.74) is 0. The normalized spacial score (nSPS) is 27.9. The number of carbonyl (C=O) groups excluding carboxylic acids is 1. The molecule has 5 atom stereocenters. The Kier molecular flexibility index (Phi) is 13.5. The van der Waals surface area contributed by atoms with E-state index in [1.165, 1.54) is 69.3 Å². The molecule has 4 nitrogen and oxygen atoms in total. The molecule has 1 aliphatic carbocycles. The zero-order valence-electron chi connectivity index (χ0n) is 21.9. The van der Waals surface area contributed by atoms with Crippen LogP contribution in [0.5, 0.6) is 0 Å². The third-order valence-corrected chi connectivity index (χ3v) is 11.1. The fraction of sp³-hybridized carbons (Fsp3) is 0.964. The predicted molar refractivity (Wildman–Crippen MR) is 147 cm³/mol. The van der Waals surface area contributed by atoms with E-state index in [2.05, 4.69) is 37.4 Å². The molecule has 2 saturated heterocycles. The molecule has 2 aliphatic heterocycles. The molecule has 2 bridgehead atoms. The van der Waals surface area contributed by atoms with Gasteiger partial charge in [-0.05, 0) is 93.3 Å². The van der Waals surface area contributed by atoms with Crippen molar-refractivity contribution < 1.29 is 14.7 Å². The minimum Gasteiger partial charge on any atom is -0.374 e.